The van der Waals surface area contributed by atoms with Crippen molar-refractivity contribution < 1.29 is 9.59 Å². The highest BCUT2D eigenvalue weighted by Gasteiger charge is 2.15. The summed E-state index contributed by atoms with van der Waals surface area (Å²) in [6.07, 6.45) is 2.59. The fourth-order valence-electron chi connectivity index (χ4n) is 2.00. The Labute approximate surface area is 107 Å². The minimum Gasteiger partial charge on any atom is -0.366 e. The van der Waals surface area contributed by atoms with Gasteiger partial charge in [-0.15, -0.1) is 0 Å². The SMILES string of the molecule is CC(C)CCCc1c(C(N)=O)cccc1C(N)=O. The molecular weight excluding hydrogens is 228 g/mol. The van der Waals surface area contributed by atoms with Crippen LogP contribution in [0.25, 0.3) is 0 Å². The van der Waals surface area contributed by atoms with Crippen LogP contribution >= 0.6 is 0 Å². The van der Waals surface area contributed by atoms with Gasteiger partial charge in [-0.3, -0.25) is 9.59 Å². The van der Waals surface area contributed by atoms with Gasteiger partial charge in [0.25, 0.3) is 0 Å². The predicted octanol–water partition coefficient (Wildman–Crippen LogP) is 1.86. The molecule has 0 atom stereocenters. The Bertz CT molecular complexity index is 421. The van der Waals surface area contributed by atoms with Crippen molar-refractivity contribution in [3.8, 4) is 0 Å². The van der Waals surface area contributed by atoms with E-state index in [1.54, 1.807) is 18.2 Å². The summed E-state index contributed by atoms with van der Waals surface area (Å²) in [4.78, 5) is 22.7. The van der Waals surface area contributed by atoms with Crippen molar-refractivity contribution in [3.63, 3.8) is 0 Å². The number of carbonyl (C=O) groups is 2. The van der Waals surface area contributed by atoms with E-state index in [4.69, 9.17) is 11.5 Å². The molecule has 0 aliphatic heterocycles. The normalized spacial score (nSPS) is 10.6. The van der Waals surface area contributed by atoms with Gasteiger partial charge < -0.3 is 11.5 Å². The number of amides is 2. The molecule has 0 aliphatic carbocycles. The first-order chi connectivity index (χ1) is 8.43. The summed E-state index contributed by atoms with van der Waals surface area (Å²) >= 11 is 0. The third-order valence-corrected chi connectivity index (χ3v) is 2.92. The largest absolute Gasteiger partial charge is 0.366 e. The zero-order valence-electron chi connectivity index (χ0n) is 10.9. The quantitative estimate of drug-likeness (QED) is 0.805. The maximum absolute atomic E-state index is 11.4. The van der Waals surface area contributed by atoms with E-state index in [2.05, 4.69) is 13.8 Å². The minimum atomic E-state index is -0.516. The van der Waals surface area contributed by atoms with Gasteiger partial charge in [-0.2, -0.15) is 0 Å². The van der Waals surface area contributed by atoms with Crippen LogP contribution < -0.4 is 11.5 Å². The number of carbonyl (C=O) groups excluding carboxylic acids is 2. The van der Waals surface area contributed by atoms with Crippen molar-refractivity contribution in [1.29, 1.82) is 0 Å². The van der Waals surface area contributed by atoms with Gasteiger partial charge in [-0.25, -0.2) is 0 Å². The number of benzene rings is 1. The third kappa shape index (κ3) is 3.58. The molecule has 0 unspecified atom stereocenters. The topological polar surface area (TPSA) is 86.2 Å². The van der Waals surface area contributed by atoms with Crippen molar-refractivity contribution in [1.82, 2.24) is 0 Å². The first-order valence-electron chi connectivity index (χ1n) is 6.15. The molecule has 0 saturated heterocycles. The zero-order chi connectivity index (χ0) is 13.7. The van der Waals surface area contributed by atoms with Gasteiger partial charge in [0, 0.05) is 11.1 Å². The molecule has 0 spiro atoms. The first kappa shape index (κ1) is 14.2. The van der Waals surface area contributed by atoms with Crippen molar-refractivity contribution in [2.24, 2.45) is 17.4 Å². The van der Waals surface area contributed by atoms with Gasteiger partial charge in [0.05, 0.1) is 0 Å². The van der Waals surface area contributed by atoms with E-state index in [0.717, 1.165) is 12.8 Å². The summed E-state index contributed by atoms with van der Waals surface area (Å²) in [6.45, 7) is 4.27. The van der Waals surface area contributed by atoms with Crippen LogP contribution in [-0.4, -0.2) is 11.8 Å². The highest BCUT2D eigenvalue weighted by atomic mass is 16.1. The van der Waals surface area contributed by atoms with Crippen molar-refractivity contribution in [3.05, 3.63) is 34.9 Å². The van der Waals surface area contributed by atoms with Gasteiger partial charge in [-0.1, -0.05) is 26.3 Å². The van der Waals surface area contributed by atoms with Gasteiger partial charge in [0.1, 0.15) is 0 Å². The number of rotatable bonds is 6. The number of hydrogen-bond donors (Lipinski definition) is 2. The van der Waals surface area contributed by atoms with E-state index in [1.807, 2.05) is 0 Å². The molecule has 18 heavy (non-hydrogen) atoms. The van der Waals surface area contributed by atoms with Crippen LogP contribution in [0.2, 0.25) is 0 Å². The van der Waals surface area contributed by atoms with Crippen LogP contribution in [0.5, 0.6) is 0 Å². The van der Waals surface area contributed by atoms with E-state index < -0.39 is 11.8 Å². The molecule has 0 saturated carbocycles. The van der Waals surface area contributed by atoms with Crippen LogP contribution in [0.4, 0.5) is 0 Å². The van der Waals surface area contributed by atoms with Crippen molar-refractivity contribution >= 4 is 11.8 Å². The molecule has 4 nitrogen and oxygen atoms in total. The molecule has 0 fully saturated rings. The predicted molar refractivity (Wildman–Crippen MR) is 71.3 cm³/mol. The van der Waals surface area contributed by atoms with Gasteiger partial charge in [-0.05, 0) is 36.5 Å². The Morgan fingerprint density at radius 1 is 1.11 bits per heavy atom. The maximum Gasteiger partial charge on any atom is 0.249 e. The average molecular weight is 248 g/mol. The molecule has 0 bridgehead atoms. The van der Waals surface area contributed by atoms with Crippen molar-refractivity contribution in [2.45, 2.75) is 33.1 Å². The second-order valence-corrected chi connectivity index (χ2v) is 4.85. The lowest BCUT2D eigenvalue weighted by atomic mass is 9.94. The van der Waals surface area contributed by atoms with E-state index >= 15 is 0 Å². The first-order valence-corrected chi connectivity index (χ1v) is 6.15. The Balaban J connectivity index is 3.03. The Morgan fingerprint density at radius 3 is 2.00 bits per heavy atom. The van der Waals surface area contributed by atoms with Crippen LogP contribution in [0, 0.1) is 5.92 Å². The minimum absolute atomic E-state index is 0.398. The van der Waals surface area contributed by atoms with Gasteiger partial charge in [0.2, 0.25) is 11.8 Å². The maximum atomic E-state index is 11.4. The molecule has 4 heteroatoms. The lowest BCUT2D eigenvalue weighted by Gasteiger charge is -2.11. The molecule has 1 aromatic rings. The lowest BCUT2D eigenvalue weighted by molar-refractivity contribution is 0.0999. The highest BCUT2D eigenvalue weighted by molar-refractivity contribution is 6.00. The molecule has 2 amide bonds. The zero-order valence-corrected chi connectivity index (χ0v) is 10.9. The summed E-state index contributed by atoms with van der Waals surface area (Å²) in [5.74, 6) is -0.446. The Morgan fingerprint density at radius 2 is 1.61 bits per heavy atom. The molecule has 1 rings (SSSR count). The molecule has 0 heterocycles. The second-order valence-electron chi connectivity index (χ2n) is 4.85. The molecular formula is C14H20N2O2. The molecule has 0 radical (unpaired) electrons. The molecule has 0 aliphatic rings. The molecule has 98 valence electrons. The monoisotopic (exact) mass is 248 g/mol. The van der Waals surface area contributed by atoms with Crippen LogP contribution in [0.1, 0.15) is 53.0 Å². The summed E-state index contributed by atoms with van der Waals surface area (Å²) in [5, 5.41) is 0. The Kier molecular flexibility index (Phi) is 4.89. The van der Waals surface area contributed by atoms with E-state index in [1.165, 1.54) is 0 Å². The summed E-state index contributed by atoms with van der Waals surface area (Å²) in [7, 11) is 0. The lowest BCUT2D eigenvalue weighted by Crippen LogP contribution is -2.20. The third-order valence-electron chi connectivity index (χ3n) is 2.92. The van der Waals surface area contributed by atoms with Gasteiger partial charge >= 0.3 is 0 Å². The summed E-state index contributed by atoms with van der Waals surface area (Å²) in [5.41, 5.74) is 12.1. The van der Waals surface area contributed by atoms with Crippen LogP contribution in [0.15, 0.2) is 18.2 Å². The standard InChI is InChI=1S/C14H20N2O2/c1-9(2)5-3-6-10-11(13(15)17)7-4-8-12(10)14(16)18/h4,7-9H,3,5-6H2,1-2H3,(H2,15,17)(H2,16,18). The molecule has 1 aromatic carbocycles. The van der Waals surface area contributed by atoms with Gasteiger partial charge in [0.15, 0.2) is 0 Å². The molecule has 4 N–H and O–H groups in total. The highest BCUT2D eigenvalue weighted by Crippen LogP contribution is 2.18. The number of nitrogens with two attached hydrogens (primary N) is 2. The number of hydrogen-bond acceptors (Lipinski definition) is 2. The average Bonchev–Trinajstić information content (AvgIpc) is 2.28. The van der Waals surface area contributed by atoms with E-state index in [-0.39, 0.29) is 0 Å². The molecule has 0 aromatic heterocycles. The fourth-order valence-corrected chi connectivity index (χ4v) is 2.00. The fraction of sp³-hybridized carbons (Fsp3) is 0.429. The second kappa shape index (κ2) is 6.19. The Hall–Kier alpha value is -1.84. The van der Waals surface area contributed by atoms with E-state index in [0.29, 0.717) is 29.0 Å². The van der Waals surface area contributed by atoms with E-state index in [9.17, 15) is 9.59 Å². The number of primary amides is 2. The summed E-state index contributed by atoms with van der Waals surface area (Å²) in [6, 6.07) is 4.91. The smallest absolute Gasteiger partial charge is 0.249 e. The van der Waals surface area contributed by atoms with Crippen molar-refractivity contribution in [2.75, 3.05) is 0 Å². The summed E-state index contributed by atoms with van der Waals surface area (Å²) < 4.78 is 0. The van der Waals surface area contributed by atoms with Crippen LogP contribution in [-0.2, 0) is 6.42 Å². The van der Waals surface area contributed by atoms with Crippen LogP contribution in [0.3, 0.4) is 0 Å².